The highest BCUT2D eigenvalue weighted by molar-refractivity contribution is 5.86. The molecular weight excluding hydrogens is 318 g/mol. The maximum Gasteiger partial charge on any atom is 0.231 e. The van der Waals surface area contributed by atoms with Gasteiger partial charge in [-0.15, -0.1) is 0 Å². The second kappa shape index (κ2) is 6.57. The topological polar surface area (TPSA) is 65.5 Å². The summed E-state index contributed by atoms with van der Waals surface area (Å²) in [6.07, 6.45) is 1.60. The van der Waals surface area contributed by atoms with Gasteiger partial charge in [-0.05, 0) is 36.8 Å². The van der Waals surface area contributed by atoms with Crippen LogP contribution in [0.4, 0.5) is 0 Å². The van der Waals surface area contributed by atoms with Crippen LogP contribution < -0.4 is 19.5 Å². The molecule has 128 valence electrons. The zero-order chi connectivity index (χ0) is 17.2. The highest BCUT2D eigenvalue weighted by Crippen LogP contribution is 2.32. The van der Waals surface area contributed by atoms with Crippen LogP contribution in [-0.4, -0.2) is 23.9 Å². The Labute approximate surface area is 145 Å². The average Bonchev–Trinajstić information content (AvgIpc) is 3.10. The van der Waals surface area contributed by atoms with Crippen LogP contribution in [0.2, 0.25) is 0 Å². The molecule has 0 saturated heterocycles. The normalized spacial score (nSPS) is 12.6. The van der Waals surface area contributed by atoms with E-state index in [1.54, 1.807) is 13.4 Å². The van der Waals surface area contributed by atoms with Crippen molar-refractivity contribution in [1.82, 2.24) is 15.3 Å². The Hall–Kier alpha value is -2.86. The predicted octanol–water partition coefficient (Wildman–Crippen LogP) is 2.97. The van der Waals surface area contributed by atoms with Crippen molar-refractivity contribution < 1.29 is 14.2 Å². The van der Waals surface area contributed by atoms with E-state index in [-0.39, 0.29) is 0 Å². The molecule has 3 aromatic rings. The summed E-state index contributed by atoms with van der Waals surface area (Å²) in [4.78, 5) is 8.82. The quantitative estimate of drug-likeness (QED) is 0.772. The number of hydrogen-bond donors (Lipinski definition) is 1. The summed E-state index contributed by atoms with van der Waals surface area (Å²) < 4.78 is 16.2. The van der Waals surface area contributed by atoms with Gasteiger partial charge in [0.2, 0.25) is 6.79 Å². The number of nitrogens with one attached hydrogen (secondary N) is 1. The first-order chi connectivity index (χ1) is 12.3. The minimum absolute atomic E-state index is 0.292. The molecule has 2 aromatic carbocycles. The van der Waals surface area contributed by atoms with Crippen LogP contribution in [-0.2, 0) is 13.1 Å². The lowest BCUT2D eigenvalue weighted by atomic mass is 10.1. The first-order valence-electron chi connectivity index (χ1n) is 8.12. The Kier molecular flexibility index (Phi) is 4.11. The zero-order valence-corrected chi connectivity index (χ0v) is 14.2. The van der Waals surface area contributed by atoms with Crippen molar-refractivity contribution in [3.8, 4) is 17.2 Å². The van der Waals surface area contributed by atoms with Gasteiger partial charge in [0.15, 0.2) is 11.5 Å². The standard InChI is InChI=1S/C19H19N3O3/c1-12-16(23-2)6-4-14-19(12)15(22-10-21-14)9-20-8-13-3-5-17-18(7-13)25-11-24-17/h3-7,10,20H,8-9,11H2,1-2H3. The van der Waals surface area contributed by atoms with Gasteiger partial charge in [0.05, 0.1) is 18.3 Å². The van der Waals surface area contributed by atoms with Crippen LogP contribution >= 0.6 is 0 Å². The van der Waals surface area contributed by atoms with Crippen molar-refractivity contribution >= 4 is 10.9 Å². The lowest BCUT2D eigenvalue weighted by Crippen LogP contribution is -2.14. The number of fused-ring (bicyclic) bond motifs is 2. The summed E-state index contributed by atoms with van der Waals surface area (Å²) in [6.45, 7) is 3.68. The van der Waals surface area contributed by atoms with Gasteiger partial charge >= 0.3 is 0 Å². The van der Waals surface area contributed by atoms with E-state index in [4.69, 9.17) is 14.2 Å². The van der Waals surface area contributed by atoms with Gasteiger partial charge in [-0.1, -0.05) is 6.07 Å². The van der Waals surface area contributed by atoms with Gasteiger partial charge in [0.1, 0.15) is 12.1 Å². The molecule has 25 heavy (non-hydrogen) atoms. The highest BCUT2D eigenvalue weighted by atomic mass is 16.7. The molecule has 1 aromatic heterocycles. The summed E-state index contributed by atoms with van der Waals surface area (Å²) in [7, 11) is 1.68. The molecule has 6 nitrogen and oxygen atoms in total. The zero-order valence-electron chi connectivity index (χ0n) is 14.2. The fraction of sp³-hybridized carbons (Fsp3) is 0.263. The van der Waals surface area contributed by atoms with Gasteiger partial charge < -0.3 is 19.5 Å². The molecule has 1 N–H and O–H groups in total. The molecule has 0 radical (unpaired) electrons. The molecule has 0 spiro atoms. The Morgan fingerprint density at radius 3 is 2.84 bits per heavy atom. The third-order valence-electron chi connectivity index (χ3n) is 4.37. The second-order valence-corrected chi connectivity index (χ2v) is 5.90. The van der Waals surface area contributed by atoms with E-state index >= 15 is 0 Å². The first kappa shape index (κ1) is 15.7. The number of methoxy groups -OCH3 is 1. The number of hydrogen-bond acceptors (Lipinski definition) is 6. The smallest absolute Gasteiger partial charge is 0.231 e. The Balaban J connectivity index is 1.53. The fourth-order valence-electron chi connectivity index (χ4n) is 3.11. The van der Waals surface area contributed by atoms with E-state index in [1.807, 2.05) is 37.3 Å². The summed E-state index contributed by atoms with van der Waals surface area (Å²) in [5.41, 5.74) is 4.08. The minimum atomic E-state index is 0.292. The highest BCUT2D eigenvalue weighted by Gasteiger charge is 2.13. The molecule has 6 heteroatoms. The number of aryl methyl sites for hydroxylation is 1. The molecule has 1 aliphatic heterocycles. The van der Waals surface area contributed by atoms with E-state index in [1.165, 1.54) is 0 Å². The largest absolute Gasteiger partial charge is 0.496 e. The molecule has 0 bridgehead atoms. The van der Waals surface area contributed by atoms with Crippen molar-refractivity contribution in [3.63, 3.8) is 0 Å². The van der Waals surface area contributed by atoms with Crippen LogP contribution in [0.5, 0.6) is 17.2 Å². The van der Waals surface area contributed by atoms with Crippen molar-refractivity contribution in [1.29, 1.82) is 0 Å². The van der Waals surface area contributed by atoms with Gasteiger partial charge in [-0.3, -0.25) is 0 Å². The Morgan fingerprint density at radius 1 is 1.08 bits per heavy atom. The van der Waals surface area contributed by atoms with Crippen LogP contribution in [0, 0.1) is 6.92 Å². The molecule has 2 heterocycles. The van der Waals surface area contributed by atoms with Gasteiger partial charge in [-0.2, -0.15) is 0 Å². The third kappa shape index (κ3) is 2.96. The van der Waals surface area contributed by atoms with Crippen molar-refractivity contribution in [2.45, 2.75) is 20.0 Å². The number of aromatic nitrogens is 2. The van der Waals surface area contributed by atoms with Crippen LogP contribution in [0.1, 0.15) is 16.8 Å². The van der Waals surface area contributed by atoms with Crippen molar-refractivity contribution in [3.05, 3.63) is 53.5 Å². The van der Waals surface area contributed by atoms with E-state index in [0.29, 0.717) is 19.9 Å². The monoisotopic (exact) mass is 337 g/mol. The van der Waals surface area contributed by atoms with Crippen molar-refractivity contribution in [2.75, 3.05) is 13.9 Å². The van der Waals surface area contributed by atoms with Crippen LogP contribution in [0.3, 0.4) is 0 Å². The van der Waals surface area contributed by atoms with E-state index in [2.05, 4.69) is 15.3 Å². The van der Waals surface area contributed by atoms with Gasteiger partial charge in [-0.25, -0.2) is 9.97 Å². The maximum absolute atomic E-state index is 5.42. The predicted molar refractivity (Wildman–Crippen MR) is 93.9 cm³/mol. The molecule has 4 rings (SSSR count). The SMILES string of the molecule is COc1ccc2ncnc(CNCc3ccc4c(c3)OCO4)c2c1C. The maximum atomic E-state index is 5.42. The molecule has 0 unspecified atom stereocenters. The lowest BCUT2D eigenvalue weighted by molar-refractivity contribution is 0.174. The molecule has 0 atom stereocenters. The fourth-order valence-corrected chi connectivity index (χ4v) is 3.11. The number of rotatable bonds is 5. The molecular formula is C19H19N3O3. The first-order valence-corrected chi connectivity index (χ1v) is 8.12. The average molecular weight is 337 g/mol. The summed E-state index contributed by atoms with van der Waals surface area (Å²) in [5.74, 6) is 2.44. The number of ether oxygens (including phenoxy) is 3. The van der Waals surface area contributed by atoms with Crippen molar-refractivity contribution in [2.24, 2.45) is 0 Å². The summed E-state index contributed by atoms with van der Waals surface area (Å²) in [5, 5.41) is 4.48. The Morgan fingerprint density at radius 2 is 1.96 bits per heavy atom. The van der Waals surface area contributed by atoms with E-state index in [9.17, 15) is 0 Å². The van der Waals surface area contributed by atoms with Gasteiger partial charge in [0, 0.05) is 24.0 Å². The van der Waals surface area contributed by atoms with Gasteiger partial charge in [0.25, 0.3) is 0 Å². The van der Waals surface area contributed by atoms with Crippen LogP contribution in [0.25, 0.3) is 10.9 Å². The lowest BCUT2D eigenvalue weighted by Gasteiger charge is -2.12. The number of benzene rings is 2. The third-order valence-corrected chi connectivity index (χ3v) is 4.37. The molecule has 0 saturated carbocycles. The molecule has 0 amide bonds. The number of nitrogens with zero attached hydrogens (tertiary/aromatic N) is 2. The molecule has 0 fully saturated rings. The van der Waals surface area contributed by atoms with Crippen LogP contribution in [0.15, 0.2) is 36.7 Å². The summed E-state index contributed by atoms with van der Waals surface area (Å²) >= 11 is 0. The second-order valence-electron chi connectivity index (χ2n) is 5.90. The van der Waals surface area contributed by atoms with E-state index < -0.39 is 0 Å². The Bertz CT molecular complexity index is 927. The summed E-state index contributed by atoms with van der Waals surface area (Å²) in [6, 6.07) is 9.88. The molecule has 0 aliphatic carbocycles. The minimum Gasteiger partial charge on any atom is -0.496 e. The molecule has 1 aliphatic rings. The van der Waals surface area contributed by atoms with E-state index in [0.717, 1.165) is 45.0 Å².